The van der Waals surface area contributed by atoms with E-state index in [9.17, 15) is 40.3 Å². The number of unbranched alkanes of at least 4 members (excludes halogenated alkanes) is 2. The third-order valence-electron chi connectivity index (χ3n) is 11.5. The third kappa shape index (κ3) is 10.2. The average molecular weight is 870 g/mol. The zero-order valence-electron chi connectivity index (χ0n) is 34.4. The summed E-state index contributed by atoms with van der Waals surface area (Å²) in [6, 6.07) is 9.19. The van der Waals surface area contributed by atoms with Gasteiger partial charge in [0, 0.05) is 124 Å². The van der Waals surface area contributed by atoms with Crippen molar-refractivity contribution >= 4 is 106 Å². The molecule has 0 saturated carbocycles. The molecule has 2 aromatic carbocycles. The molecule has 1 radical (unpaired) electrons. The zero-order chi connectivity index (χ0) is 42.2. The van der Waals surface area contributed by atoms with Crippen LogP contribution in [0.1, 0.15) is 83.8 Å². The van der Waals surface area contributed by atoms with Gasteiger partial charge in [0.2, 0.25) is 11.6 Å². The fourth-order valence-corrected chi connectivity index (χ4v) is 9.32. The maximum Gasteiger partial charge on any atom is 0.294 e. The fourth-order valence-electron chi connectivity index (χ4n) is 8.32. The van der Waals surface area contributed by atoms with Crippen LogP contribution in [-0.2, 0) is 45.4 Å². The van der Waals surface area contributed by atoms with Crippen molar-refractivity contribution in [2.75, 3.05) is 31.6 Å². The third-order valence-corrected chi connectivity index (χ3v) is 13.2. The van der Waals surface area contributed by atoms with Crippen molar-refractivity contribution in [3.63, 3.8) is 0 Å². The number of imide groups is 1. The number of allylic oxidation sites excluding steroid dienone is 8. The molecule has 0 unspecified atom stereocenters. The topological polar surface area (TPSA) is 184 Å². The monoisotopic (exact) mass is 869 g/mol. The van der Waals surface area contributed by atoms with Crippen LogP contribution in [0.2, 0.25) is 0 Å². The van der Waals surface area contributed by atoms with Crippen LogP contribution in [0.3, 0.4) is 0 Å². The van der Waals surface area contributed by atoms with Crippen LogP contribution in [0.4, 0.5) is 11.4 Å². The van der Waals surface area contributed by atoms with Gasteiger partial charge in [-0.3, -0.25) is 23.8 Å². The van der Waals surface area contributed by atoms with Crippen molar-refractivity contribution in [2.45, 2.75) is 93.3 Å². The first-order valence-corrected chi connectivity index (χ1v) is 22.3. The van der Waals surface area contributed by atoms with Gasteiger partial charge in [-0.25, -0.2) is 8.42 Å². The number of nitrogens with zero attached hydrogens (tertiary/aromatic N) is 3. The van der Waals surface area contributed by atoms with Gasteiger partial charge in [0.1, 0.15) is 17.2 Å². The Morgan fingerprint density at radius 1 is 0.864 bits per heavy atom. The molecule has 59 heavy (non-hydrogen) atoms. The predicted molar refractivity (Wildman–Crippen MR) is 225 cm³/mol. The van der Waals surface area contributed by atoms with E-state index in [1.807, 2.05) is 39.3 Å². The van der Waals surface area contributed by atoms with Crippen LogP contribution in [0.25, 0.3) is 0 Å². The number of hydrogen-bond donors (Lipinski definition) is 2. The molecule has 0 aromatic heterocycles. The van der Waals surface area contributed by atoms with Crippen LogP contribution in [0.5, 0.6) is 0 Å². The maximum atomic E-state index is 12.5. The van der Waals surface area contributed by atoms with E-state index in [-0.39, 0.29) is 92.0 Å². The molecule has 6 rings (SSSR count). The molecule has 3 aliphatic heterocycles. The second-order valence-corrected chi connectivity index (χ2v) is 19.0. The van der Waals surface area contributed by atoms with Crippen molar-refractivity contribution in [3.05, 3.63) is 107 Å². The molecule has 0 atom stereocenters. The summed E-state index contributed by atoms with van der Waals surface area (Å²) in [7, 11) is -7.07. The molecule has 0 saturated heterocycles. The number of fused-ring (bicyclic) bond motifs is 2. The molecule has 2 aromatic rings. The standard InChI is InChI=1S/C43H50N4O9S2.K/c1-42(2)33-27-31(57(51,52)53)15-17-35(33)45(5)37(42)19-13-29-10-9-11-30(26-29)14-20-38-43(3,4)34-28-32(58(54,55)56)16-18-36(34)46(38)24-8-6-7-12-39(48)44-23-25-47-40(49)21-22-41(47)50;/h13-22,26-28H,6-12,23-25H2,1-5H3,(H2-,44,48,51,52,53,54,55,56);. The van der Waals surface area contributed by atoms with Crippen molar-refractivity contribution in [2.24, 2.45) is 0 Å². The number of carbonyl (C=O) groups excluding carboxylic acids is 3. The second-order valence-electron chi connectivity index (χ2n) is 16.2. The minimum absolute atomic E-state index is 0. The first-order chi connectivity index (χ1) is 27.2. The Labute approximate surface area is 389 Å². The van der Waals surface area contributed by atoms with Gasteiger partial charge in [-0.1, -0.05) is 38.5 Å². The molecule has 309 valence electrons. The smallest absolute Gasteiger partial charge is 0.294 e. The minimum Gasteiger partial charge on any atom is -0.744 e. The normalized spacial score (nSPS) is 19.8. The number of nitrogens with one attached hydrogen (secondary N) is 1. The molecule has 2 N–H and O–H groups in total. The Morgan fingerprint density at radius 2 is 1.54 bits per heavy atom. The summed E-state index contributed by atoms with van der Waals surface area (Å²) in [5.41, 5.74) is 6.32. The van der Waals surface area contributed by atoms with Crippen molar-refractivity contribution in [1.82, 2.24) is 10.2 Å². The maximum absolute atomic E-state index is 12.5. The van der Waals surface area contributed by atoms with E-state index in [0.29, 0.717) is 19.4 Å². The van der Waals surface area contributed by atoms with Gasteiger partial charge in [-0.2, -0.15) is 13.0 Å². The summed E-state index contributed by atoms with van der Waals surface area (Å²) in [5.74, 6) is -0.938. The molecular formula is C43H50KN4O9S2. The summed E-state index contributed by atoms with van der Waals surface area (Å²) in [6.45, 7) is 8.98. The molecule has 3 amide bonds. The quantitative estimate of drug-likeness (QED) is 0.0827. The predicted octanol–water partition coefficient (Wildman–Crippen LogP) is 5.34. The number of amides is 3. The average Bonchev–Trinajstić information content (AvgIpc) is 3.66. The van der Waals surface area contributed by atoms with Gasteiger partial charge in [0.15, 0.2) is 5.71 Å². The molecule has 0 bridgehead atoms. The summed E-state index contributed by atoms with van der Waals surface area (Å²) in [6.07, 6.45) is 18.0. The number of anilines is 1. The SMILES string of the molecule is C[N+]1=C(C=CC2=CC(=CC=C3N(CCCCCC(=O)NCCN4C(=O)C=CC4=O)c4ccc(S(=O)(=O)[O-])cc4C3(C)C)CCC2)C(C)(C)c2cc(S(=O)(=O)O)ccc21.[K]. The van der Waals surface area contributed by atoms with Crippen LogP contribution in [0.15, 0.2) is 106 Å². The van der Waals surface area contributed by atoms with Gasteiger partial charge < -0.3 is 14.8 Å². The summed E-state index contributed by atoms with van der Waals surface area (Å²) in [4.78, 5) is 38.7. The molecule has 0 spiro atoms. The molecule has 3 heterocycles. The molecule has 16 heteroatoms. The van der Waals surface area contributed by atoms with Gasteiger partial charge in [0.05, 0.1) is 15.2 Å². The van der Waals surface area contributed by atoms with E-state index >= 15 is 0 Å². The Balaban J connectivity index is 0.00000661. The number of hydrogen-bond acceptors (Lipinski definition) is 9. The molecule has 1 aliphatic carbocycles. The van der Waals surface area contributed by atoms with Crippen molar-refractivity contribution in [1.29, 1.82) is 0 Å². The number of benzene rings is 2. The Kier molecular flexibility index (Phi) is 14.5. The van der Waals surface area contributed by atoms with E-state index in [1.165, 1.54) is 36.4 Å². The van der Waals surface area contributed by atoms with E-state index in [0.717, 1.165) is 82.1 Å². The van der Waals surface area contributed by atoms with E-state index < -0.39 is 31.1 Å². The first kappa shape index (κ1) is 46.7. The van der Waals surface area contributed by atoms with Gasteiger partial charge in [-0.05, 0) is 99.1 Å². The van der Waals surface area contributed by atoms with Crippen molar-refractivity contribution < 1.29 is 44.9 Å². The largest absolute Gasteiger partial charge is 0.744 e. The van der Waals surface area contributed by atoms with Gasteiger partial charge in [-0.15, -0.1) is 0 Å². The van der Waals surface area contributed by atoms with Gasteiger partial charge in [0.25, 0.3) is 21.9 Å². The summed E-state index contributed by atoms with van der Waals surface area (Å²) < 4.78 is 71.5. The van der Waals surface area contributed by atoms with Crippen LogP contribution >= 0.6 is 0 Å². The summed E-state index contributed by atoms with van der Waals surface area (Å²) >= 11 is 0. The Hall–Kier alpha value is -3.32. The van der Waals surface area contributed by atoms with E-state index in [4.69, 9.17) is 0 Å². The first-order valence-electron chi connectivity index (χ1n) is 19.4. The minimum atomic E-state index is -4.67. The fraction of sp³-hybridized carbons (Fsp3) is 0.395. The zero-order valence-corrected chi connectivity index (χ0v) is 39.2. The Morgan fingerprint density at radius 3 is 2.22 bits per heavy atom. The van der Waals surface area contributed by atoms with E-state index in [2.05, 4.69) is 40.6 Å². The molecular weight excluding hydrogens is 820 g/mol. The van der Waals surface area contributed by atoms with E-state index in [1.54, 1.807) is 12.1 Å². The summed E-state index contributed by atoms with van der Waals surface area (Å²) in [5, 5.41) is 2.77. The Bertz CT molecular complexity index is 2460. The number of carbonyl (C=O) groups is 3. The number of rotatable bonds is 14. The van der Waals surface area contributed by atoms with Crippen LogP contribution in [-0.4, -0.2) is 137 Å². The van der Waals surface area contributed by atoms with Crippen LogP contribution in [0, 0.1) is 0 Å². The second kappa shape index (κ2) is 18.3. The van der Waals surface area contributed by atoms with Gasteiger partial charge >= 0.3 is 0 Å². The van der Waals surface area contributed by atoms with Crippen LogP contribution < -0.4 is 10.2 Å². The molecule has 4 aliphatic rings. The molecule has 0 fully saturated rings. The molecule has 13 nitrogen and oxygen atoms in total. The van der Waals surface area contributed by atoms with Crippen molar-refractivity contribution in [3.8, 4) is 0 Å².